The summed E-state index contributed by atoms with van der Waals surface area (Å²) in [6.45, 7) is 0.112. The molecule has 2 rings (SSSR count). The Balaban J connectivity index is 2.21. The Kier molecular flexibility index (Phi) is 5.89. The van der Waals surface area contributed by atoms with E-state index in [4.69, 9.17) is 23.2 Å². The van der Waals surface area contributed by atoms with Crippen molar-refractivity contribution in [3.63, 3.8) is 0 Å². The highest BCUT2D eigenvalue weighted by Gasteiger charge is 2.46. The van der Waals surface area contributed by atoms with Crippen LogP contribution in [0.25, 0.3) is 0 Å². The van der Waals surface area contributed by atoms with Gasteiger partial charge in [-0.2, -0.15) is 13.2 Å². The van der Waals surface area contributed by atoms with Gasteiger partial charge < -0.3 is 4.90 Å². The summed E-state index contributed by atoms with van der Waals surface area (Å²) >= 11 is 12.0. The molecule has 0 saturated heterocycles. The molecule has 0 radical (unpaired) electrons. The summed E-state index contributed by atoms with van der Waals surface area (Å²) in [5, 5.41) is 0.618. The molecule has 0 N–H and O–H groups in total. The van der Waals surface area contributed by atoms with Crippen LogP contribution in [-0.4, -0.2) is 31.8 Å². The van der Waals surface area contributed by atoms with E-state index in [2.05, 4.69) is 0 Å². The van der Waals surface area contributed by atoms with Gasteiger partial charge in [0.2, 0.25) is 0 Å². The average molecular weight is 426 g/mol. The normalized spacial score (nSPS) is 12.1. The van der Waals surface area contributed by atoms with E-state index >= 15 is 0 Å². The van der Waals surface area contributed by atoms with E-state index in [1.807, 2.05) is 0 Å². The maximum absolute atomic E-state index is 12.5. The molecule has 0 aliphatic carbocycles. The minimum atomic E-state index is -5.46. The third-order valence-electron chi connectivity index (χ3n) is 3.50. The number of halogens is 5. The Morgan fingerprint density at radius 1 is 1.08 bits per heavy atom. The van der Waals surface area contributed by atoms with Crippen molar-refractivity contribution in [2.24, 2.45) is 0 Å². The van der Waals surface area contributed by atoms with Crippen LogP contribution in [0.2, 0.25) is 10.0 Å². The molecule has 0 heterocycles. The van der Waals surface area contributed by atoms with Crippen molar-refractivity contribution in [3.8, 4) is 0 Å². The van der Waals surface area contributed by atoms with Gasteiger partial charge in [0.1, 0.15) is 0 Å². The van der Waals surface area contributed by atoms with Crippen molar-refractivity contribution in [2.45, 2.75) is 16.9 Å². The molecule has 0 spiro atoms. The third-order valence-corrected chi connectivity index (χ3v) is 5.86. The van der Waals surface area contributed by atoms with Crippen molar-refractivity contribution in [3.05, 3.63) is 63.6 Å². The highest BCUT2D eigenvalue weighted by molar-refractivity contribution is 7.92. The largest absolute Gasteiger partial charge is 0.501 e. The summed E-state index contributed by atoms with van der Waals surface area (Å²) in [5.41, 5.74) is -4.78. The van der Waals surface area contributed by atoms with Gasteiger partial charge in [-0.05, 0) is 35.9 Å². The Morgan fingerprint density at radius 3 is 2.19 bits per heavy atom. The molecular formula is C16H12Cl2F3NO3S. The second-order valence-electron chi connectivity index (χ2n) is 5.35. The number of nitrogens with zero attached hydrogens (tertiary/aromatic N) is 1. The fraction of sp³-hybridized carbons (Fsp3) is 0.188. The predicted molar refractivity (Wildman–Crippen MR) is 91.9 cm³/mol. The van der Waals surface area contributed by atoms with E-state index in [-0.39, 0.29) is 12.1 Å². The lowest BCUT2D eigenvalue weighted by molar-refractivity contribution is -0.0436. The van der Waals surface area contributed by atoms with E-state index in [0.29, 0.717) is 15.6 Å². The molecule has 0 fully saturated rings. The number of amides is 1. The van der Waals surface area contributed by atoms with Gasteiger partial charge in [0.15, 0.2) is 0 Å². The fourth-order valence-corrected chi connectivity index (χ4v) is 3.27. The quantitative estimate of drug-likeness (QED) is 0.721. The smallest absolute Gasteiger partial charge is 0.337 e. The van der Waals surface area contributed by atoms with Crippen molar-refractivity contribution in [1.82, 2.24) is 4.90 Å². The van der Waals surface area contributed by atoms with Crippen LogP contribution in [0.3, 0.4) is 0 Å². The first-order valence-electron chi connectivity index (χ1n) is 7.05. The summed E-state index contributed by atoms with van der Waals surface area (Å²) in [4.78, 5) is 12.7. The molecular weight excluding hydrogens is 414 g/mol. The molecule has 26 heavy (non-hydrogen) atoms. The lowest BCUT2D eigenvalue weighted by Gasteiger charge is -2.18. The van der Waals surface area contributed by atoms with Gasteiger partial charge in [-0.15, -0.1) is 0 Å². The van der Waals surface area contributed by atoms with E-state index < -0.39 is 26.1 Å². The molecule has 140 valence electrons. The van der Waals surface area contributed by atoms with Gasteiger partial charge in [-0.3, -0.25) is 4.79 Å². The minimum absolute atomic E-state index is 0.0341. The molecule has 0 aliphatic heterocycles. The zero-order valence-corrected chi connectivity index (χ0v) is 15.5. The van der Waals surface area contributed by atoms with E-state index in [1.54, 1.807) is 18.2 Å². The molecule has 0 aromatic heterocycles. The van der Waals surface area contributed by atoms with Crippen LogP contribution in [0.5, 0.6) is 0 Å². The number of benzene rings is 2. The van der Waals surface area contributed by atoms with Crippen LogP contribution in [0, 0.1) is 0 Å². The number of carbonyl (C=O) groups excluding carboxylic acids is 1. The first-order chi connectivity index (χ1) is 11.9. The lowest BCUT2D eigenvalue weighted by atomic mass is 10.1. The highest BCUT2D eigenvalue weighted by atomic mass is 35.5. The lowest BCUT2D eigenvalue weighted by Crippen LogP contribution is -2.27. The summed E-state index contributed by atoms with van der Waals surface area (Å²) in [5.74, 6) is -0.517. The third kappa shape index (κ3) is 4.13. The summed E-state index contributed by atoms with van der Waals surface area (Å²) in [6, 6.07) is 8.48. The maximum atomic E-state index is 12.5. The summed E-state index contributed by atoms with van der Waals surface area (Å²) in [6.07, 6.45) is 0. The van der Waals surface area contributed by atoms with E-state index in [0.717, 1.165) is 24.3 Å². The maximum Gasteiger partial charge on any atom is 0.501 e. The monoisotopic (exact) mass is 425 g/mol. The topological polar surface area (TPSA) is 54.5 Å². The van der Waals surface area contributed by atoms with Crippen LogP contribution in [-0.2, 0) is 16.4 Å². The van der Waals surface area contributed by atoms with Crippen LogP contribution >= 0.6 is 23.2 Å². The second kappa shape index (κ2) is 7.46. The van der Waals surface area contributed by atoms with Crippen molar-refractivity contribution < 1.29 is 26.4 Å². The van der Waals surface area contributed by atoms with Gasteiger partial charge in [0.05, 0.1) is 14.9 Å². The number of rotatable bonds is 4. The fourth-order valence-electron chi connectivity index (χ4n) is 2.13. The molecule has 10 heteroatoms. The molecule has 0 aliphatic rings. The first kappa shape index (κ1) is 20.5. The van der Waals surface area contributed by atoms with Gasteiger partial charge in [0.25, 0.3) is 15.7 Å². The molecule has 0 bridgehead atoms. The SMILES string of the molecule is CN(Cc1cccc(Cl)c1Cl)C(=O)c1ccc(S(=O)(=O)C(F)(F)F)cc1. The highest BCUT2D eigenvalue weighted by Crippen LogP contribution is 2.30. The van der Waals surface area contributed by atoms with Crippen molar-refractivity contribution in [1.29, 1.82) is 0 Å². The van der Waals surface area contributed by atoms with Crippen LogP contribution < -0.4 is 0 Å². The standard InChI is InChI=1S/C16H12Cl2F3NO3S/c1-22(9-11-3-2-4-13(17)14(11)18)15(23)10-5-7-12(8-6-10)26(24,25)16(19,20)21/h2-8H,9H2,1H3. The van der Waals surface area contributed by atoms with Gasteiger partial charge in [-0.1, -0.05) is 35.3 Å². The van der Waals surface area contributed by atoms with Crippen molar-refractivity contribution >= 4 is 38.9 Å². The molecule has 2 aromatic rings. The Labute approximate surface area is 158 Å². The molecule has 0 saturated carbocycles. The van der Waals surface area contributed by atoms with Crippen LogP contribution in [0.15, 0.2) is 47.4 Å². The molecule has 0 unspecified atom stereocenters. The predicted octanol–water partition coefficient (Wildman–Crippen LogP) is 4.56. The second-order valence-corrected chi connectivity index (χ2v) is 8.07. The van der Waals surface area contributed by atoms with Gasteiger partial charge in [-0.25, -0.2) is 8.42 Å². The van der Waals surface area contributed by atoms with Gasteiger partial charge >= 0.3 is 5.51 Å². The molecule has 2 aromatic carbocycles. The Morgan fingerprint density at radius 2 is 1.65 bits per heavy atom. The zero-order valence-electron chi connectivity index (χ0n) is 13.2. The van der Waals surface area contributed by atoms with E-state index in [1.165, 1.54) is 11.9 Å². The Bertz CT molecular complexity index is 929. The summed E-state index contributed by atoms with van der Waals surface area (Å²) < 4.78 is 60.3. The minimum Gasteiger partial charge on any atom is -0.337 e. The number of hydrogen-bond donors (Lipinski definition) is 0. The Hall–Kier alpha value is -1.77. The zero-order chi connectivity index (χ0) is 19.7. The van der Waals surface area contributed by atoms with Crippen LogP contribution in [0.1, 0.15) is 15.9 Å². The average Bonchev–Trinajstić information content (AvgIpc) is 2.57. The van der Waals surface area contributed by atoms with Crippen LogP contribution in [0.4, 0.5) is 13.2 Å². The number of hydrogen-bond acceptors (Lipinski definition) is 3. The van der Waals surface area contributed by atoms with E-state index in [9.17, 15) is 26.4 Å². The molecule has 4 nitrogen and oxygen atoms in total. The van der Waals surface area contributed by atoms with Crippen molar-refractivity contribution in [2.75, 3.05) is 7.05 Å². The van der Waals surface area contributed by atoms with Gasteiger partial charge in [0, 0.05) is 19.2 Å². The molecule has 1 amide bonds. The number of alkyl halides is 3. The number of carbonyl (C=O) groups is 1. The first-order valence-corrected chi connectivity index (χ1v) is 9.29. The number of sulfone groups is 1. The molecule has 0 atom stereocenters. The summed E-state index contributed by atoms with van der Waals surface area (Å²) in [7, 11) is -3.98.